The predicted molar refractivity (Wildman–Crippen MR) is 141 cm³/mol. The van der Waals surface area contributed by atoms with Crippen molar-refractivity contribution >= 4 is 27.8 Å². The summed E-state index contributed by atoms with van der Waals surface area (Å²) in [5, 5.41) is 9.81. The van der Waals surface area contributed by atoms with E-state index >= 15 is 0 Å². The molecule has 3 nitrogen and oxygen atoms in total. The molecule has 0 unspecified atom stereocenters. The van der Waals surface area contributed by atoms with Gasteiger partial charge >= 0.3 is 0 Å². The predicted octanol–water partition coefficient (Wildman–Crippen LogP) is 7.87. The Kier molecular flexibility index (Phi) is 4.74. The van der Waals surface area contributed by atoms with E-state index in [0.717, 1.165) is 33.1 Å². The van der Waals surface area contributed by atoms with Crippen molar-refractivity contribution in [3.8, 4) is 33.4 Å². The minimum atomic E-state index is 0.0429. The maximum absolute atomic E-state index is 7.95. The summed E-state index contributed by atoms with van der Waals surface area (Å²) in [5.74, 6) is 0.0429. The molecule has 1 heterocycles. The minimum Gasteiger partial charge on any atom is -0.456 e. The molecule has 0 saturated carbocycles. The highest BCUT2D eigenvalue weighted by Gasteiger charge is 2.13. The van der Waals surface area contributed by atoms with E-state index in [1.54, 1.807) is 0 Å². The van der Waals surface area contributed by atoms with Crippen LogP contribution in [0.2, 0.25) is 0 Å². The number of hydrogen-bond donors (Lipinski definition) is 2. The first-order chi connectivity index (χ1) is 16.7. The van der Waals surface area contributed by atoms with Crippen LogP contribution in [0.25, 0.3) is 55.3 Å². The van der Waals surface area contributed by atoms with E-state index < -0.39 is 0 Å². The lowest BCUT2D eigenvalue weighted by molar-refractivity contribution is 0.669. The third-order valence-corrected chi connectivity index (χ3v) is 6.33. The summed E-state index contributed by atoms with van der Waals surface area (Å²) < 4.78 is 6.00. The first-order valence-corrected chi connectivity index (χ1v) is 11.2. The van der Waals surface area contributed by atoms with E-state index in [0.29, 0.717) is 5.56 Å². The molecule has 0 spiro atoms. The van der Waals surface area contributed by atoms with Crippen molar-refractivity contribution in [1.82, 2.24) is 0 Å². The van der Waals surface area contributed by atoms with Crippen molar-refractivity contribution in [3.63, 3.8) is 0 Å². The summed E-state index contributed by atoms with van der Waals surface area (Å²) >= 11 is 0. The monoisotopic (exact) mass is 438 g/mol. The molecule has 162 valence electrons. The summed E-state index contributed by atoms with van der Waals surface area (Å²) in [6.07, 6.45) is 0. The minimum absolute atomic E-state index is 0.0429. The number of nitrogens with two attached hydrogens (primary N) is 1. The molecule has 3 N–H and O–H groups in total. The Labute approximate surface area is 197 Å². The Hall–Kier alpha value is -4.63. The van der Waals surface area contributed by atoms with Crippen LogP contribution in [0.5, 0.6) is 0 Å². The van der Waals surface area contributed by atoms with Crippen LogP contribution in [0.3, 0.4) is 0 Å². The Balaban J connectivity index is 1.35. The molecule has 0 aliphatic rings. The Bertz CT molecular complexity index is 1640. The SMILES string of the molecule is N=C(N)c1cccc2oc3ccc(-c4ccc(-c5ccc(-c6ccccc6)cc5)cc4)cc3c12. The third-order valence-electron chi connectivity index (χ3n) is 6.33. The maximum atomic E-state index is 7.95. The van der Waals surface area contributed by atoms with E-state index in [2.05, 4.69) is 84.9 Å². The molecular formula is C31H22N2O. The van der Waals surface area contributed by atoms with Crippen molar-refractivity contribution in [3.05, 3.63) is 121 Å². The maximum Gasteiger partial charge on any atom is 0.136 e. The zero-order valence-electron chi connectivity index (χ0n) is 18.5. The summed E-state index contributed by atoms with van der Waals surface area (Å²) in [6, 6.07) is 39.5. The molecule has 3 heteroatoms. The molecule has 0 atom stereocenters. The molecule has 0 saturated heterocycles. The average Bonchev–Trinajstić information content (AvgIpc) is 3.27. The molecule has 0 aliphatic carbocycles. The van der Waals surface area contributed by atoms with Gasteiger partial charge in [0, 0.05) is 16.3 Å². The zero-order valence-corrected chi connectivity index (χ0v) is 18.5. The van der Waals surface area contributed by atoms with Gasteiger partial charge in [-0.3, -0.25) is 5.41 Å². The lowest BCUT2D eigenvalue weighted by Crippen LogP contribution is -2.11. The van der Waals surface area contributed by atoms with Crippen molar-refractivity contribution in [2.24, 2.45) is 5.73 Å². The zero-order chi connectivity index (χ0) is 23.1. The molecule has 0 fully saturated rings. The first-order valence-electron chi connectivity index (χ1n) is 11.2. The molecule has 6 aromatic rings. The molecule has 5 aromatic carbocycles. The molecule has 1 aromatic heterocycles. The number of hydrogen-bond acceptors (Lipinski definition) is 2. The van der Waals surface area contributed by atoms with Gasteiger partial charge < -0.3 is 10.2 Å². The summed E-state index contributed by atoms with van der Waals surface area (Å²) in [7, 11) is 0. The van der Waals surface area contributed by atoms with E-state index in [1.807, 2.05) is 30.3 Å². The van der Waals surface area contributed by atoms with Crippen molar-refractivity contribution in [2.45, 2.75) is 0 Å². The molecule has 0 radical (unpaired) electrons. The van der Waals surface area contributed by atoms with Crippen LogP contribution in [-0.4, -0.2) is 5.84 Å². The topological polar surface area (TPSA) is 63.0 Å². The fraction of sp³-hybridized carbons (Fsp3) is 0. The number of furan rings is 1. The lowest BCUT2D eigenvalue weighted by atomic mass is 9.97. The molecule has 0 amide bonds. The van der Waals surface area contributed by atoms with Gasteiger partial charge in [0.2, 0.25) is 0 Å². The quantitative estimate of drug-likeness (QED) is 0.217. The van der Waals surface area contributed by atoms with Gasteiger partial charge in [0.1, 0.15) is 17.0 Å². The molecule has 0 bridgehead atoms. The van der Waals surface area contributed by atoms with Crippen molar-refractivity contribution < 1.29 is 4.42 Å². The van der Waals surface area contributed by atoms with Crippen LogP contribution in [0.1, 0.15) is 5.56 Å². The van der Waals surface area contributed by atoms with Gasteiger partial charge in [-0.25, -0.2) is 0 Å². The second-order valence-electron chi connectivity index (χ2n) is 8.43. The lowest BCUT2D eigenvalue weighted by Gasteiger charge is -2.07. The Morgan fingerprint density at radius 2 is 1.06 bits per heavy atom. The highest BCUT2D eigenvalue weighted by Crippen LogP contribution is 2.35. The molecule has 6 rings (SSSR count). The smallest absolute Gasteiger partial charge is 0.136 e. The van der Waals surface area contributed by atoms with Gasteiger partial charge in [0.25, 0.3) is 0 Å². The fourth-order valence-corrected chi connectivity index (χ4v) is 4.57. The second kappa shape index (κ2) is 8.05. The normalized spacial score (nSPS) is 11.2. The van der Waals surface area contributed by atoms with Crippen LogP contribution in [-0.2, 0) is 0 Å². The van der Waals surface area contributed by atoms with Crippen molar-refractivity contribution in [1.29, 1.82) is 5.41 Å². The highest BCUT2D eigenvalue weighted by atomic mass is 16.3. The third kappa shape index (κ3) is 3.44. The number of fused-ring (bicyclic) bond motifs is 3. The number of nitrogens with one attached hydrogen (secondary N) is 1. The van der Waals surface area contributed by atoms with Gasteiger partial charge in [0.05, 0.1) is 0 Å². The van der Waals surface area contributed by atoms with Crippen molar-refractivity contribution in [2.75, 3.05) is 0 Å². The van der Waals surface area contributed by atoms with E-state index in [9.17, 15) is 0 Å². The van der Waals surface area contributed by atoms with Crippen LogP contribution in [0, 0.1) is 5.41 Å². The van der Waals surface area contributed by atoms with Gasteiger partial charge in [-0.1, -0.05) is 97.1 Å². The van der Waals surface area contributed by atoms with Crippen LogP contribution in [0.4, 0.5) is 0 Å². The number of nitrogen functional groups attached to an aromatic ring is 1. The standard InChI is InChI=1S/C31H22N2O/c32-31(33)26-7-4-8-29-30(26)27-19-25(17-18-28(27)34-29)24-15-13-23(14-16-24)22-11-9-21(10-12-22)20-5-2-1-3-6-20/h1-19H,(H3,32,33). The van der Waals surface area contributed by atoms with Crippen LogP contribution in [0.15, 0.2) is 120 Å². The van der Waals surface area contributed by atoms with Crippen LogP contribution < -0.4 is 5.73 Å². The fourth-order valence-electron chi connectivity index (χ4n) is 4.57. The van der Waals surface area contributed by atoms with E-state index in [-0.39, 0.29) is 5.84 Å². The summed E-state index contributed by atoms with van der Waals surface area (Å²) in [4.78, 5) is 0. The number of benzene rings is 5. The summed E-state index contributed by atoms with van der Waals surface area (Å²) in [6.45, 7) is 0. The molecule has 34 heavy (non-hydrogen) atoms. The Morgan fingerprint density at radius 1 is 0.529 bits per heavy atom. The number of amidine groups is 1. The van der Waals surface area contributed by atoms with E-state index in [1.165, 1.54) is 22.3 Å². The average molecular weight is 439 g/mol. The highest BCUT2D eigenvalue weighted by molar-refractivity contribution is 6.17. The van der Waals surface area contributed by atoms with Gasteiger partial charge in [-0.2, -0.15) is 0 Å². The van der Waals surface area contributed by atoms with Gasteiger partial charge in [-0.15, -0.1) is 0 Å². The first kappa shape index (κ1) is 20.0. The largest absolute Gasteiger partial charge is 0.456 e. The second-order valence-corrected chi connectivity index (χ2v) is 8.43. The van der Waals surface area contributed by atoms with Gasteiger partial charge in [-0.05, 0) is 51.6 Å². The molecular weight excluding hydrogens is 416 g/mol. The number of rotatable bonds is 4. The van der Waals surface area contributed by atoms with Gasteiger partial charge in [0.15, 0.2) is 0 Å². The van der Waals surface area contributed by atoms with E-state index in [4.69, 9.17) is 15.6 Å². The summed E-state index contributed by atoms with van der Waals surface area (Å²) in [5.41, 5.74) is 15.1. The van der Waals surface area contributed by atoms with Crippen LogP contribution >= 0.6 is 0 Å². The Morgan fingerprint density at radius 3 is 1.65 bits per heavy atom. The molecule has 0 aliphatic heterocycles.